The van der Waals surface area contributed by atoms with Crippen molar-refractivity contribution in [1.82, 2.24) is 4.57 Å². The van der Waals surface area contributed by atoms with Gasteiger partial charge in [0.25, 0.3) is 0 Å². The standard InChI is InChI=1S/C12H15NO2/c1-3-15-8-9-7-13(2)12-5-4-10(14)6-11(9)12/h4-7,14H,3,8H2,1-2H3. The molecule has 1 aromatic heterocycles. The number of nitrogens with zero attached hydrogens (tertiary/aromatic N) is 1. The topological polar surface area (TPSA) is 34.4 Å². The normalized spacial score (nSPS) is 11.1. The third-order valence-electron chi connectivity index (χ3n) is 2.52. The van der Waals surface area contributed by atoms with E-state index in [-0.39, 0.29) is 0 Å². The molecule has 2 aromatic rings. The second kappa shape index (κ2) is 3.95. The van der Waals surface area contributed by atoms with Crippen molar-refractivity contribution in [3.8, 4) is 5.75 Å². The molecule has 0 aliphatic heterocycles. The lowest BCUT2D eigenvalue weighted by Crippen LogP contribution is -1.90. The minimum atomic E-state index is 0.298. The van der Waals surface area contributed by atoms with Crippen LogP contribution in [-0.2, 0) is 18.4 Å². The molecule has 0 amide bonds. The fourth-order valence-electron chi connectivity index (χ4n) is 1.79. The van der Waals surface area contributed by atoms with Gasteiger partial charge in [0.15, 0.2) is 0 Å². The third kappa shape index (κ3) is 1.83. The molecule has 0 aliphatic rings. The van der Waals surface area contributed by atoms with Crippen molar-refractivity contribution < 1.29 is 9.84 Å². The Kier molecular flexibility index (Phi) is 2.64. The molecule has 1 aromatic carbocycles. The van der Waals surface area contributed by atoms with E-state index in [1.54, 1.807) is 12.1 Å². The highest BCUT2D eigenvalue weighted by Crippen LogP contribution is 2.25. The van der Waals surface area contributed by atoms with E-state index in [0.717, 1.165) is 16.5 Å². The first-order valence-corrected chi connectivity index (χ1v) is 5.07. The SMILES string of the molecule is CCOCc1cn(C)c2ccc(O)cc12. The van der Waals surface area contributed by atoms with E-state index in [1.165, 1.54) is 0 Å². The average Bonchev–Trinajstić information content (AvgIpc) is 2.52. The maximum atomic E-state index is 9.44. The largest absolute Gasteiger partial charge is 0.508 e. The number of hydrogen-bond donors (Lipinski definition) is 1. The van der Waals surface area contributed by atoms with Crippen LogP contribution >= 0.6 is 0 Å². The molecule has 0 atom stereocenters. The van der Waals surface area contributed by atoms with Crippen molar-refractivity contribution in [3.05, 3.63) is 30.0 Å². The molecule has 0 aliphatic carbocycles. The number of rotatable bonds is 3. The number of aromatic nitrogens is 1. The van der Waals surface area contributed by atoms with Gasteiger partial charge in [-0.15, -0.1) is 0 Å². The third-order valence-corrected chi connectivity index (χ3v) is 2.52. The fraction of sp³-hybridized carbons (Fsp3) is 0.333. The van der Waals surface area contributed by atoms with Gasteiger partial charge in [0, 0.05) is 36.3 Å². The molecule has 2 rings (SSSR count). The van der Waals surface area contributed by atoms with E-state index in [9.17, 15) is 5.11 Å². The summed E-state index contributed by atoms with van der Waals surface area (Å²) < 4.78 is 7.43. The zero-order valence-electron chi connectivity index (χ0n) is 9.03. The van der Waals surface area contributed by atoms with Crippen LogP contribution in [0.4, 0.5) is 0 Å². The molecule has 0 saturated carbocycles. The molecule has 0 radical (unpaired) electrons. The quantitative estimate of drug-likeness (QED) is 0.835. The molecular weight excluding hydrogens is 190 g/mol. The van der Waals surface area contributed by atoms with Crippen molar-refractivity contribution in [1.29, 1.82) is 0 Å². The Balaban J connectivity index is 2.49. The Morgan fingerprint density at radius 2 is 2.20 bits per heavy atom. The van der Waals surface area contributed by atoms with Crippen LogP contribution in [0.15, 0.2) is 24.4 Å². The van der Waals surface area contributed by atoms with Gasteiger partial charge >= 0.3 is 0 Å². The first kappa shape index (κ1) is 10.1. The summed E-state index contributed by atoms with van der Waals surface area (Å²) in [6.45, 7) is 3.27. The van der Waals surface area contributed by atoms with Crippen molar-refractivity contribution in [2.75, 3.05) is 6.61 Å². The van der Waals surface area contributed by atoms with Gasteiger partial charge in [-0.3, -0.25) is 0 Å². The van der Waals surface area contributed by atoms with Gasteiger partial charge in [-0.05, 0) is 25.1 Å². The lowest BCUT2D eigenvalue weighted by molar-refractivity contribution is 0.135. The van der Waals surface area contributed by atoms with Crippen LogP contribution in [0.5, 0.6) is 5.75 Å². The van der Waals surface area contributed by atoms with Gasteiger partial charge in [0.05, 0.1) is 6.61 Å². The van der Waals surface area contributed by atoms with Crippen LogP contribution in [-0.4, -0.2) is 16.3 Å². The zero-order chi connectivity index (χ0) is 10.8. The van der Waals surface area contributed by atoms with Crippen LogP contribution in [0.1, 0.15) is 12.5 Å². The van der Waals surface area contributed by atoms with Gasteiger partial charge in [-0.25, -0.2) is 0 Å². The molecule has 3 nitrogen and oxygen atoms in total. The lowest BCUT2D eigenvalue weighted by atomic mass is 10.2. The second-order valence-corrected chi connectivity index (χ2v) is 3.60. The Morgan fingerprint density at radius 3 is 2.93 bits per heavy atom. The van der Waals surface area contributed by atoms with Crippen LogP contribution in [0.2, 0.25) is 0 Å². The van der Waals surface area contributed by atoms with Crippen molar-refractivity contribution in [2.24, 2.45) is 7.05 Å². The Morgan fingerprint density at radius 1 is 1.40 bits per heavy atom. The number of phenolic OH excluding ortho intramolecular Hbond substituents is 1. The maximum Gasteiger partial charge on any atom is 0.116 e. The minimum absolute atomic E-state index is 0.298. The number of benzene rings is 1. The van der Waals surface area contributed by atoms with Gasteiger partial charge in [-0.1, -0.05) is 0 Å². The molecule has 1 N–H and O–H groups in total. The molecular formula is C12H15NO2. The second-order valence-electron chi connectivity index (χ2n) is 3.60. The van der Waals surface area contributed by atoms with E-state index >= 15 is 0 Å². The predicted octanol–water partition coefficient (Wildman–Crippen LogP) is 2.42. The van der Waals surface area contributed by atoms with Gasteiger partial charge in [0.2, 0.25) is 0 Å². The van der Waals surface area contributed by atoms with Crippen molar-refractivity contribution in [2.45, 2.75) is 13.5 Å². The molecule has 15 heavy (non-hydrogen) atoms. The fourth-order valence-corrected chi connectivity index (χ4v) is 1.79. The summed E-state index contributed by atoms with van der Waals surface area (Å²) >= 11 is 0. The molecule has 0 spiro atoms. The zero-order valence-corrected chi connectivity index (χ0v) is 9.03. The van der Waals surface area contributed by atoms with Crippen LogP contribution in [0.3, 0.4) is 0 Å². The van der Waals surface area contributed by atoms with E-state index in [1.807, 2.05) is 30.8 Å². The average molecular weight is 205 g/mol. The molecule has 80 valence electrons. The molecule has 0 bridgehead atoms. The number of hydrogen-bond acceptors (Lipinski definition) is 2. The summed E-state index contributed by atoms with van der Waals surface area (Å²) in [4.78, 5) is 0. The van der Waals surface area contributed by atoms with Crippen molar-refractivity contribution in [3.63, 3.8) is 0 Å². The monoisotopic (exact) mass is 205 g/mol. The van der Waals surface area contributed by atoms with E-state index in [2.05, 4.69) is 0 Å². The van der Waals surface area contributed by atoms with E-state index in [0.29, 0.717) is 19.0 Å². The first-order chi connectivity index (χ1) is 7.22. The lowest BCUT2D eigenvalue weighted by Gasteiger charge is -1.99. The Labute approximate surface area is 88.9 Å². The molecule has 3 heteroatoms. The highest BCUT2D eigenvalue weighted by Gasteiger charge is 2.06. The predicted molar refractivity (Wildman–Crippen MR) is 59.9 cm³/mol. The van der Waals surface area contributed by atoms with Gasteiger partial charge in [0.1, 0.15) is 5.75 Å². The Bertz CT molecular complexity index is 474. The summed E-state index contributed by atoms with van der Waals surface area (Å²) in [6, 6.07) is 5.40. The smallest absolute Gasteiger partial charge is 0.116 e. The van der Waals surface area contributed by atoms with Gasteiger partial charge < -0.3 is 14.4 Å². The number of aryl methyl sites for hydroxylation is 1. The number of ether oxygens (including phenoxy) is 1. The molecule has 0 unspecified atom stereocenters. The van der Waals surface area contributed by atoms with E-state index < -0.39 is 0 Å². The highest BCUT2D eigenvalue weighted by atomic mass is 16.5. The van der Waals surface area contributed by atoms with E-state index in [4.69, 9.17) is 4.74 Å². The summed E-state index contributed by atoms with van der Waals surface area (Å²) in [5.74, 6) is 0.298. The number of phenols is 1. The summed E-state index contributed by atoms with van der Waals surface area (Å²) in [5, 5.41) is 10.5. The van der Waals surface area contributed by atoms with Crippen LogP contribution in [0, 0.1) is 0 Å². The molecule has 0 saturated heterocycles. The highest BCUT2D eigenvalue weighted by molar-refractivity contribution is 5.85. The maximum absolute atomic E-state index is 9.44. The van der Waals surface area contributed by atoms with Gasteiger partial charge in [-0.2, -0.15) is 0 Å². The van der Waals surface area contributed by atoms with Crippen molar-refractivity contribution >= 4 is 10.9 Å². The minimum Gasteiger partial charge on any atom is -0.508 e. The molecule has 0 fully saturated rings. The summed E-state index contributed by atoms with van der Waals surface area (Å²) in [6.07, 6.45) is 2.04. The van der Waals surface area contributed by atoms with Crippen LogP contribution < -0.4 is 0 Å². The first-order valence-electron chi connectivity index (χ1n) is 5.07. The number of fused-ring (bicyclic) bond motifs is 1. The Hall–Kier alpha value is -1.48. The molecule has 1 heterocycles. The summed E-state index contributed by atoms with van der Waals surface area (Å²) in [7, 11) is 1.99. The summed E-state index contributed by atoms with van der Waals surface area (Å²) in [5.41, 5.74) is 2.23. The van der Waals surface area contributed by atoms with Crippen LogP contribution in [0.25, 0.3) is 10.9 Å². The number of aromatic hydroxyl groups is 1.